The molecule has 1 spiro atoms. The Hall–Kier alpha value is -7.36. The smallest absolute Gasteiger partial charge is 0.158 e. The maximum absolute atomic E-state index is 6.91. The first-order valence-corrected chi connectivity index (χ1v) is 20.0. The van der Waals surface area contributed by atoms with E-state index in [1.54, 1.807) is 0 Å². The molecule has 2 aliphatic rings. The molecule has 0 saturated heterocycles. The molecule has 11 rings (SSSR count). The van der Waals surface area contributed by atoms with Crippen molar-refractivity contribution in [2.75, 3.05) is 0 Å². The Morgan fingerprint density at radius 1 is 0.466 bits per heavy atom. The van der Waals surface area contributed by atoms with E-state index >= 15 is 0 Å². The van der Waals surface area contributed by atoms with Gasteiger partial charge in [0.1, 0.15) is 5.84 Å². The minimum Gasteiger partial charge on any atom is -0.383 e. The minimum atomic E-state index is -0.452. The van der Waals surface area contributed by atoms with Crippen LogP contribution >= 0.6 is 0 Å². The van der Waals surface area contributed by atoms with Gasteiger partial charge >= 0.3 is 0 Å². The first-order valence-electron chi connectivity index (χ1n) is 20.0. The molecule has 3 heteroatoms. The largest absolute Gasteiger partial charge is 0.383 e. The van der Waals surface area contributed by atoms with Crippen molar-refractivity contribution < 1.29 is 0 Å². The predicted octanol–water partition coefficient (Wildman–Crippen LogP) is 12.9. The highest BCUT2D eigenvalue weighted by Crippen LogP contribution is 2.62. The summed E-state index contributed by atoms with van der Waals surface area (Å²) in [6, 6.07) is 71.7. The lowest BCUT2D eigenvalue weighted by Crippen LogP contribution is -2.26. The van der Waals surface area contributed by atoms with Crippen LogP contribution in [0.15, 0.2) is 210 Å². The van der Waals surface area contributed by atoms with E-state index in [1.165, 1.54) is 54.9 Å². The van der Waals surface area contributed by atoms with E-state index in [0.717, 1.165) is 38.9 Å². The van der Waals surface area contributed by atoms with Gasteiger partial charge < -0.3 is 5.73 Å². The van der Waals surface area contributed by atoms with Crippen LogP contribution in [0.2, 0.25) is 0 Å². The monoisotopic (exact) mass is 741 g/mol. The summed E-state index contributed by atoms with van der Waals surface area (Å²) in [4.78, 5) is 10.5. The Labute approximate surface area is 338 Å². The number of rotatable bonds is 6. The van der Waals surface area contributed by atoms with Gasteiger partial charge in [-0.3, -0.25) is 4.99 Å². The SMILES string of the molecule is CC(N=C(N=C(N)c1ccc(-c2ccccc2)cc1)c1ccccc1-c1ccc2c(c1)C1(c3ccccc3-2)c2cccc3ccc4cccc1c4c23)c1ccccc1. The van der Waals surface area contributed by atoms with E-state index in [9.17, 15) is 0 Å². The van der Waals surface area contributed by atoms with Crippen molar-refractivity contribution >= 4 is 33.2 Å². The molecule has 274 valence electrons. The highest BCUT2D eigenvalue weighted by molar-refractivity contribution is 6.18. The van der Waals surface area contributed by atoms with Gasteiger partial charge in [-0.1, -0.05) is 194 Å². The maximum atomic E-state index is 6.91. The number of fused-ring (bicyclic) bond motifs is 7. The van der Waals surface area contributed by atoms with Gasteiger partial charge in [0.15, 0.2) is 5.84 Å². The van der Waals surface area contributed by atoms with Gasteiger partial charge in [-0.05, 0) is 95.7 Å². The summed E-state index contributed by atoms with van der Waals surface area (Å²) < 4.78 is 0. The van der Waals surface area contributed by atoms with E-state index in [0.29, 0.717) is 11.7 Å². The molecule has 1 unspecified atom stereocenters. The first-order chi connectivity index (χ1) is 28.6. The quantitative estimate of drug-likeness (QED) is 0.103. The molecule has 2 N–H and O–H groups in total. The molecule has 0 heterocycles. The summed E-state index contributed by atoms with van der Waals surface area (Å²) >= 11 is 0. The number of benzene rings is 9. The lowest BCUT2D eigenvalue weighted by Gasteiger charge is -2.31. The number of hydrogen-bond donors (Lipinski definition) is 1. The average Bonchev–Trinajstić information content (AvgIpc) is 3.76. The van der Waals surface area contributed by atoms with Crippen molar-refractivity contribution in [2.45, 2.75) is 18.4 Å². The molecular formula is C55H39N3. The van der Waals surface area contributed by atoms with E-state index in [2.05, 4.69) is 183 Å². The summed E-state index contributed by atoms with van der Waals surface area (Å²) in [6.45, 7) is 2.12. The van der Waals surface area contributed by atoms with Gasteiger partial charge in [-0.2, -0.15) is 0 Å². The molecule has 58 heavy (non-hydrogen) atoms. The van der Waals surface area contributed by atoms with Crippen LogP contribution in [0, 0.1) is 0 Å². The molecular weight excluding hydrogens is 703 g/mol. The van der Waals surface area contributed by atoms with Crippen LogP contribution < -0.4 is 5.73 Å². The number of aliphatic imine (C=N–C) groups is 2. The lowest BCUT2D eigenvalue weighted by molar-refractivity contribution is 0.797. The zero-order valence-electron chi connectivity index (χ0n) is 32.1. The third kappa shape index (κ3) is 5.13. The fraction of sp³-hybridized carbons (Fsp3) is 0.0545. The third-order valence-corrected chi connectivity index (χ3v) is 12.3. The summed E-state index contributed by atoms with van der Waals surface area (Å²) in [6.07, 6.45) is 0. The zero-order valence-corrected chi connectivity index (χ0v) is 32.1. The second kappa shape index (κ2) is 13.4. The van der Waals surface area contributed by atoms with Gasteiger partial charge in [-0.25, -0.2) is 4.99 Å². The van der Waals surface area contributed by atoms with Crippen LogP contribution in [0.25, 0.3) is 54.9 Å². The number of hydrogen-bond acceptors (Lipinski definition) is 1. The van der Waals surface area contributed by atoms with E-state index in [1.807, 2.05) is 24.3 Å². The van der Waals surface area contributed by atoms with Crippen LogP contribution in [0.3, 0.4) is 0 Å². The maximum Gasteiger partial charge on any atom is 0.158 e. The van der Waals surface area contributed by atoms with Crippen molar-refractivity contribution in [2.24, 2.45) is 15.7 Å². The highest BCUT2D eigenvalue weighted by atomic mass is 15.0. The molecule has 0 aliphatic heterocycles. The van der Waals surface area contributed by atoms with E-state index in [4.69, 9.17) is 15.7 Å². The molecule has 1 atom stereocenters. The molecule has 0 radical (unpaired) electrons. The molecule has 0 amide bonds. The lowest BCUT2D eigenvalue weighted by atomic mass is 9.70. The molecule has 2 aliphatic carbocycles. The summed E-state index contributed by atoms with van der Waals surface area (Å²) in [5.74, 6) is 1.01. The topological polar surface area (TPSA) is 50.7 Å². The minimum absolute atomic E-state index is 0.156. The Morgan fingerprint density at radius 3 is 1.72 bits per heavy atom. The highest BCUT2D eigenvalue weighted by Gasteiger charge is 2.50. The Balaban J connectivity index is 1.09. The fourth-order valence-corrected chi connectivity index (χ4v) is 9.67. The fourth-order valence-electron chi connectivity index (χ4n) is 9.67. The second-order valence-corrected chi connectivity index (χ2v) is 15.5. The molecule has 0 fully saturated rings. The van der Waals surface area contributed by atoms with E-state index in [-0.39, 0.29) is 6.04 Å². The van der Waals surface area contributed by atoms with Gasteiger partial charge in [0.2, 0.25) is 0 Å². The van der Waals surface area contributed by atoms with Crippen LogP contribution in [0.5, 0.6) is 0 Å². The molecule has 3 nitrogen and oxygen atoms in total. The van der Waals surface area contributed by atoms with Crippen LogP contribution in [0.4, 0.5) is 0 Å². The molecule has 0 saturated carbocycles. The summed E-state index contributed by atoms with van der Waals surface area (Å²) in [5.41, 5.74) is 21.7. The summed E-state index contributed by atoms with van der Waals surface area (Å²) in [7, 11) is 0. The van der Waals surface area contributed by atoms with Gasteiger partial charge in [0, 0.05) is 11.1 Å². The van der Waals surface area contributed by atoms with Crippen molar-refractivity contribution in [3.63, 3.8) is 0 Å². The molecule has 9 aromatic carbocycles. The van der Waals surface area contributed by atoms with Crippen molar-refractivity contribution in [3.05, 3.63) is 239 Å². The Bertz CT molecular complexity index is 3060. The van der Waals surface area contributed by atoms with Gasteiger partial charge in [0.05, 0.1) is 11.5 Å². The first kappa shape index (κ1) is 33.9. The average molecular weight is 742 g/mol. The van der Waals surface area contributed by atoms with Crippen molar-refractivity contribution in [1.29, 1.82) is 0 Å². The van der Waals surface area contributed by atoms with Crippen LogP contribution in [0.1, 0.15) is 51.9 Å². The number of nitrogens with two attached hydrogens (primary N) is 1. The third-order valence-electron chi connectivity index (χ3n) is 12.3. The number of nitrogens with zero attached hydrogens (tertiary/aromatic N) is 2. The van der Waals surface area contributed by atoms with Gasteiger partial charge in [0.25, 0.3) is 0 Å². The van der Waals surface area contributed by atoms with E-state index < -0.39 is 5.41 Å². The molecule has 0 aromatic heterocycles. The Morgan fingerprint density at radius 2 is 1.02 bits per heavy atom. The molecule has 9 aromatic rings. The van der Waals surface area contributed by atoms with Crippen molar-refractivity contribution in [1.82, 2.24) is 0 Å². The number of amidine groups is 2. The van der Waals surface area contributed by atoms with Crippen LogP contribution in [-0.2, 0) is 5.41 Å². The zero-order chi connectivity index (χ0) is 38.8. The normalized spacial score (nSPS) is 14.3. The summed E-state index contributed by atoms with van der Waals surface area (Å²) in [5, 5.41) is 5.27. The van der Waals surface area contributed by atoms with Crippen molar-refractivity contribution in [3.8, 4) is 33.4 Å². The van der Waals surface area contributed by atoms with Crippen LogP contribution in [-0.4, -0.2) is 11.7 Å². The predicted molar refractivity (Wildman–Crippen MR) is 242 cm³/mol. The Kier molecular flexibility index (Phi) is 7.84. The van der Waals surface area contributed by atoms with Gasteiger partial charge in [-0.15, -0.1) is 0 Å². The molecule has 0 bridgehead atoms. The standard InChI is InChI=1S/C55H39N3/c1-35(36-14-4-2-5-15-36)57-54(58-53(56)41-30-26-38(27-31-41)37-16-6-3-7-17-37)46-22-9-8-20-43(46)42-32-33-45-44-21-10-11-23-47(44)55(50(45)34-42)48-24-12-18-39-28-29-40-19-13-25-49(55)52(40)51(39)48/h2-35H,1H3,(H2,56,57,58). The second-order valence-electron chi connectivity index (χ2n) is 15.5.